The number of aromatic nitrogens is 4. The third-order valence-electron chi connectivity index (χ3n) is 5.70. The van der Waals surface area contributed by atoms with Gasteiger partial charge in [-0.1, -0.05) is 12.1 Å². The van der Waals surface area contributed by atoms with E-state index in [0.29, 0.717) is 27.9 Å². The number of imidazole rings is 1. The maximum atomic E-state index is 13.5. The lowest BCUT2D eigenvalue weighted by Crippen LogP contribution is -2.20. The second kappa shape index (κ2) is 11.2. The van der Waals surface area contributed by atoms with E-state index >= 15 is 0 Å². The van der Waals surface area contributed by atoms with Crippen molar-refractivity contribution < 1.29 is 40.0 Å². The van der Waals surface area contributed by atoms with Gasteiger partial charge in [0.2, 0.25) is 5.16 Å². The van der Waals surface area contributed by atoms with E-state index in [1.54, 1.807) is 35.8 Å². The highest BCUT2D eigenvalue weighted by Gasteiger charge is 2.30. The standard InChI is InChI=1S/C25H22F6N4O3S/c1-15-18(32-9-7-21(15)37-13-24(26,27)28)11-35-20-6-4-3-5-17(20)34-23(35)39(36)12-19-16(2)22(8-10-33-19)38-14-25(29,30)31/h3-10H,11-14H2,1-2H3/t39-/m0/s1. The molecule has 0 saturated carbocycles. The quantitative estimate of drug-likeness (QED) is 0.240. The first kappa shape index (κ1) is 28.3. The summed E-state index contributed by atoms with van der Waals surface area (Å²) in [6, 6.07) is 9.59. The molecular formula is C25H22F6N4O3S. The molecule has 7 nitrogen and oxygen atoms in total. The van der Waals surface area contributed by atoms with Crippen LogP contribution in [0.25, 0.3) is 11.0 Å². The van der Waals surface area contributed by atoms with Gasteiger partial charge in [0.1, 0.15) is 11.5 Å². The van der Waals surface area contributed by atoms with E-state index in [1.807, 2.05) is 0 Å². The normalized spacial score (nSPS) is 13.0. The van der Waals surface area contributed by atoms with Crippen LogP contribution in [0, 0.1) is 13.8 Å². The molecular weight excluding hydrogens is 550 g/mol. The number of benzene rings is 1. The smallest absolute Gasteiger partial charge is 0.422 e. The highest BCUT2D eigenvalue weighted by molar-refractivity contribution is 7.84. The molecule has 0 spiro atoms. The minimum atomic E-state index is -4.52. The second-order valence-electron chi connectivity index (χ2n) is 8.53. The molecule has 14 heteroatoms. The number of rotatable bonds is 9. The molecule has 0 N–H and O–H groups in total. The first-order chi connectivity index (χ1) is 18.3. The van der Waals surface area contributed by atoms with Crippen LogP contribution in [-0.4, -0.2) is 49.3 Å². The molecule has 4 rings (SSSR count). The highest BCUT2D eigenvalue weighted by Crippen LogP contribution is 2.28. The molecule has 208 valence electrons. The number of hydrogen-bond acceptors (Lipinski definition) is 6. The number of para-hydroxylation sites is 2. The lowest BCUT2D eigenvalue weighted by molar-refractivity contribution is -0.154. The second-order valence-corrected chi connectivity index (χ2v) is 9.87. The Morgan fingerprint density at radius 2 is 1.36 bits per heavy atom. The van der Waals surface area contributed by atoms with Crippen LogP contribution in [0.15, 0.2) is 53.9 Å². The van der Waals surface area contributed by atoms with Gasteiger partial charge in [0.15, 0.2) is 13.2 Å². The van der Waals surface area contributed by atoms with Gasteiger partial charge in [-0.2, -0.15) is 26.3 Å². The van der Waals surface area contributed by atoms with Gasteiger partial charge in [-0.15, -0.1) is 0 Å². The fourth-order valence-electron chi connectivity index (χ4n) is 3.77. The number of halogens is 6. The fraction of sp³-hybridized carbons (Fsp3) is 0.320. The van der Waals surface area contributed by atoms with Gasteiger partial charge < -0.3 is 14.0 Å². The van der Waals surface area contributed by atoms with Crippen molar-refractivity contribution in [2.75, 3.05) is 13.2 Å². The fourth-order valence-corrected chi connectivity index (χ4v) is 5.05. The van der Waals surface area contributed by atoms with E-state index in [0.717, 1.165) is 0 Å². The summed E-state index contributed by atoms with van der Waals surface area (Å²) in [5.41, 5.74) is 2.47. The van der Waals surface area contributed by atoms with Gasteiger partial charge >= 0.3 is 12.4 Å². The van der Waals surface area contributed by atoms with Gasteiger partial charge in [-0.05, 0) is 38.1 Å². The van der Waals surface area contributed by atoms with Crippen molar-refractivity contribution in [3.63, 3.8) is 0 Å². The van der Waals surface area contributed by atoms with Crippen molar-refractivity contribution >= 4 is 21.8 Å². The zero-order valence-corrected chi connectivity index (χ0v) is 21.5. The number of pyridine rings is 2. The van der Waals surface area contributed by atoms with Crippen molar-refractivity contribution in [1.82, 2.24) is 19.5 Å². The van der Waals surface area contributed by atoms with Gasteiger partial charge in [0.05, 0.1) is 45.5 Å². The third kappa shape index (κ3) is 7.05. The summed E-state index contributed by atoms with van der Waals surface area (Å²) >= 11 is 0. The molecule has 0 aliphatic heterocycles. The summed E-state index contributed by atoms with van der Waals surface area (Å²) < 4.78 is 101. The Morgan fingerprint density at radius 3 is 1.95 bits per heavy atom. The van der Waals surface area contributed by atoms with Crippen LogP contribution in [0.3, 0.4) is 0 Å². The average Bonchev–Trinajstić information content (AvgIpc) is 3.22. The van der Waals surface area contributed by atoms with E-state index in [2.05, 4.69) is 15.0 Å². The van der Waals surface area contributed by atoms with E-state index in [1.165, 1.54) is 31.5 Å². The van der Waals surface area contributed by atoms with Crippen LogP contribution in [-0.2, 0) is 23.1 Å². The molecule has 0 radical (unpaired) electrons. The predicted octanol–water partition coefficient (Wildman–Crippen LogP) is 5.68. The van der Waals surface area contributed by atoms with E-state index in [-0.39, 0.29) is 34.6 Å². The molecule has 3 heterocycles. The van der Waals surface area contributed by atoms with E-state index < -0.39 is 36.4 Å². The zero-order valence-electron chi connectivity index (χ0n) is 20.6. The summed E-state index contributed by atoms with van der Waals surface area (Å²) in [6.07, 6.45) is -6.44. The van der Waals surface area contributed by atoms with Crippen LogP contribution in [0.2, 0.25) is 0 Å². The molecule has 39 heavy (non-hydrogen) atoms. The monoisotopic (exact) mass is 572 g/mol. The number of fused-ring (bicyclic) bond motifs is 1. The van der Waals surface area contributed by atoms with Crippen LogP contribution in [0.4, 0.5) is 26.3 Å². The lowest BCUT2D eigenvalue weighted by atomic mass is 10.2. The Bertz CT molecular complexity index is 1500. The minimum absolute atomic E-state index is 0.0138. The SMILES string of the molecule is Cc1c(OCC(F)(F)F)ccnc1Cn1c([S@@](=O)Cc2nccc(OCC(F)(F)F)c2C)nc2ccccc21. The molecule has 0 unspecified atom stereocenters. The summed E-state index contributed by atoms with van der Waals surface area (Å²) in [5, 5.41) is 0.141. The van der Waals surface area contributed by atoms with Gasteiger partial charge in [0, 0.05) is 23.5 Å². The van der Waals surface area contributed by atoms with Crippen LogP contribution < -0.4 is 9.47 Å². The largest absolute Gasteiger partial charge is 0.484 e. The van der Waals surface area contributed by atoms with Crippen molar-refractivity contribution in [3.05, 3.63) is 71.3 Å². The van der Waals surface area contributed by atoms with Crippen LogP contribution in [0.1, 0.15) is 22.5 Å². The lowest BCUT2D eigenvalue weighted by Gasteiger charge is -2.15. The Balaban J connectivity index is 1.65. The van der Waals surface area contributed by atoms with Crippen molar-refractivity contribution in [3.8, 4) is 11.5 Å². The van der Waals surface area contributed by atoms with Crippen LogP contribution >= 0.6 is 0 Å². The maximum absolute atomic E-state index is 13.5. The Morgan fingerprint density at radius 1 is 0.821 bits per heavy atom. The molecule has 1 aromatic carbocycles. The minimum Gasteiger partial charge on any atom is -0.484 e. The van der Waals surface area contributed by atoms with Crippen molar-refractivity contribution in [1.29, 1.82) is 0 Å². The van der Waals surface area contributed by atoms with Crippen LogP contribution in [0.5, 0.6) is 11.5 Å². The Kier molecular flexibility index (Phi) is 8.14. The summed E-state index contributed by atoms with van der Waals surface area (Å²) in [7, 11) is -1.82. The zero-order chi connectivity index (χ0) is 28.4. The first-order valence-corrected chi connectivity index (χ1v) is 12.8. The molecule has 3 aromatic heterocycles. The van der Waals surface area contributed by atoms with Gasteiger partial charge in [0.25, 0.3) is 0 Å². The Hall–Kier alpha value is -3.68. The number of nitrogens with zero attached hydrogens (tertiary/aromatic N) is 4. The first-order valence-electron chi connectivity index (χ1n) is 11.4. The molecule has 0 bridgehead atoms. The Labute approximate surface area is 221 Å². The molecule has 0 fully saturated rings. The number of hydrogen-bond donors (Lipinski definition) is 0. The van der Waals surface area contributed by atoms with Crippen molar-refractivity contribution in [2.45, 2.75) is 43.7 Å². The number of alkyl halides is 6. The molecule has 1 atom stereocenters. The number of ether oxygens (including phenoxy) is 2. The van der Waals surface area contributed by atoms with E-state index in [9.17, 15) is 30.6 Å². The maximum Gasteiger partial charge on any atom is 0.422 e. The highest BCUT2D eigenvalue weighted by atomic mass is 32.2. The topological polar surface area (TPSA) is 79.1 Å². The molecule has 4 aromatic rings. The van der Waals surface area contributed by atoms with Crippen molar-refractivity contribution in [2.24, 2.45) is 0 Å². The summed E-state index contributed by atoms with van der Waals surface area (Å²) in [6.45, 7) is 0.183. The van der Waals surface area contributed by atoms with E-state index in [4.69, 9.17) is 9.47 Å². The summed E-state index contributed by atoms with van der Waals surface area (Å²) in [4.78, 5) is 12.9. The summed E-state index contributed by atoms with van der Waals surface area (Å²) in [5.74, 6) is -0.183. The third-order valence-corrected chi connectivity index (χ3v) is 6.95. The molecule has 0 amide bonds. The van der Waals surface area contributed by atoms with Gasteiger partial charge in [-0.3, -0.25) is 14.2 Å². The average molecular weight is 573 g/mol. The molecule has 0 aliphatic carbocycles. The predicted molar refractivity (Wildman–Crippen MR) is 130 cm³/mol. The molecule has 0 aliphatic rings. The molecule has 0 saturated heterocycles. The van der Waals surface area contributed by atoms with Gasteiger partial charge in [-0.25, -0.2) is 4.98 Å².